The fraction of sp³-hybridized carbons (Fsp3) is 0.750. The molecule has 0 unspecified atom stereocenters. The van der Waals surface area contributed by atoms with Gasteiger partial charge >= 0.3 is 0 Å². The van der Waals surface area contributed by atoms with E-state index in [2.05, 4.69) is 10.6 Å². The lowest BCUT2D eigenvalue weighted by molar-refractivity contribution is -0.136. The van der Waals surface area contributed by atoms with Crippen molar-refractivity contribution >= 4 is 17.8 Å². The van der Waals surface area contributed by atoms with Gasteiger partial charge in [-0.1, -0.05) is 0 Å². The number of amides is 2. The van der Waals surface area contributed by atoms with Gasteiger partial charge in [0, 0.05) is 12.5 Å². The summed E-state index contributed by atoms with van der Waals surface area (Å²) in [5.41, 5.74) is 10.5. The molecule has 1 aliphatic heterocycles. The summed E-state index contributed by atoms with van der Waals surface area (Å²) >= 11 is 0. The highest BCUT2D eigenvalue weighted by Gasteiger charge is 2.56. The molecule has 7 heteroatoms. The molecular weight excluding hydrogens is 246 g/mol. The Labute approximate surface area is 112 Å². The molecule has 2 amide bonds. The number of hydrogen-bond donors (Lipinski definition) is 5. The third-order valence-corrected chi connectivity index (χ3v) is 4.20. The van der Waals surface area contributed by atoms with Gasteiger partial charge in [0.15, 0.2) is 5.96 Å². The molecule has 106 valence electrons. The first-order valence-electron chi connectivity index (χ1n) is 6.62. The SMILES string of the molecule is N=C(N)NCCC[C@@H]1C(=O)N[C@@H](C(N)=O)CC12CC2. The number of guanidine groups is 1. The average Bonchev–Trinajstić information content (AvgIpc) is 3.06. The van der Waals surface area contributed by atoms with Gasteiger partial charge in [-0.25, -0.2) is 0 Å². The smallest absolute Gasteiger partial charge is 0.240 e. The van der Waals surface area contributed by atoms with Gasteiger partial charge in [0.1, 0.15) is 6.04 Å². The Kier molecular flexibility index (Phi) is 3.64. The molecule has 19 heavy (non-hydrogen) atoms. The lowest BCUT2D eigenvalue weighted by atomic mass is 9.76. The van der Waals surface area contributed by atoms with Crippen molar-refractivity contribution in [1.82, 2.24) is 10.6 Å². The summed E-state index contributed by atoms with van der Waals surface area (Å²) in [5.74, 6) is -0.605. The Morgan fingerprint density at radius 3 is 2.68 bits per heavy atom. The van der Waals surface area contributed by atoms with Gasteiger partial charge in [-0.15, -0.1) is 0 Å². The van der Waals surface area contributed by atoms with Crippen LogP contribution in [0, 0.1) is 16.7 Å². The van der Waals surface area contributed by atoms with Crippen molar-refractivity contribution < 1.29 is 9.59 Å². The van der Waals surface area contributed by atoms with Crippen LogP contribution in [0.25, 0.3) is 0 Å². The van der Waals surface area contributed by atoms with E-state index in [1.165, 1.54) is 0 Å². The second-order valence-electron chi connectivity index (χ2n) is 5.57. The lowest BCUT2D eigenvalue weighted by Crippen LogP contribution is -2.54. The predicted octanol–water partition coefficient (Wildman–Crippen LogP) is -0.980. The number of nitrogens with one attached hydrogen (secondary N) is 3. The van der Waals surface area contributed by atoms with Gasteiger partial charge in [-0.3, -0.25) is 15.0 Å². The number of carbonyl (C=O) groups excluding carboxylic acids is 2. The number of nitrogens with two attached hydrogens (primary N) is 2. The van der Waals surface area contributed by atoms with Crippen molar-refractivity contribution in [3.63, 3.8) is 0 Å². The lowest BCUT2D eigenvalue weighted by Gasteiger charge is -2.35. The zero-order chi connectivity index (χ0) is 14.0. The fourth-order valence-electron chi connectivity index (χ4n) is 3.00. The largest absolute Gasteiger partial charge is 0.370 e. The number of hydrogen-bond acceptors (Lipinski definition) is 3. The molecule has 0 aromatic rings. The van der Waals surface area contributed by atoms with E-state index in [0.29, 0.717) is 13.0 Å². The Balaban J connectivity index is 1.89. The fourth-order valence-corrected chi connectivity index (χ4v) is 3.00. The van der Waals surface area contributed by atoms with Crippen molar-refractivity contribution in [1.29, 1.82) is 5.41 Å². The third-order valence-electron chi connectivity index (χ3n) is 4.20. The van der Waals surface area contributed by atoms with E-state index >= 15 is 0 Å². The molecule has 7 nitrogen and oxygen atoms in total. The first-order chi connectivity index (χ1) is 8.94. The van der Waals surface area contributed by atoms with Gasteiger partial charge in [0.05, 0.1) is 0 Å². The molecule has 1 heterocycles. The summed E-state index contributed by atoms with van der Waals surface area (Å²) in [6.45, 7) is 0.592. The van der Waals surface area contributed by atoms with E-state index in [1.54, 1.807) is 0 Å². The van der Waals surface area contributed by atoms with E-state index in [4.69, 9.17) is 16.9 Å². The van der Waals surface area contributed by atoms with Gasteiger partial charge in [0.2, 0.25) is 11.8 Å². The zero-order valence-corrected chi connectivity index (χ0v) is 10.9. The molecule has 7 N–H and O–H groups in total. The van der Waals surface area contributed by atoms with E-state index < -0.39 is 11.9 Å². The second kappa shape index (κ2) is 5.07. The molecule has 2 aliphatic rings. The summed E-state index contributed by atoms with van der Waals surface area (Å²) in [5, 5.41) is 12.5. The molecule has 1 spiro atoms. The molecule has 2 atom stereocenters. The highest BCUT2D eigenvalue weighted by molar-refractivity contribution is 5.89. The summed E-state index contributed by atoms with van der Waals surface area (Å²) in [7, 11) is 0. The maximum Gasteiger partial charge on any atom is 0.240 e. The summed E-state index contributed by atoms with van der Waals surface area (Å²) in [4.78, 5) is 23.3. The van der Waals surface area contributed by atoms with E-state index in [-0.39, 0.29) is 23.2 Å². The number of rotatable bonds is 5. The van der Waals surface area contributed by atoms with Crippen molar-refractivity contribution in [3.8, 4) is 0 Å². The number of carbonyl (C=O) groups is 2. The average molecular weight is 267 g/mol. The minimum atomic E-state index is -0.512. The minimum absolute atomic E-state index is 0.0156. The topological polar surface area (TPSA) is 134 Å². The van der Waals surface area contributed by atoms with Crippen LogP contribution in [0.4, 0.5) is 0 Å². The van der Waals surface area contributed by atoms with Crippen LogP contribution in [0.15, 0.2) is 0 Å². The normalized spacial score (nSPS) is 27.7. The van der Waals surface area contributed by atoms with Crippen molar-refractivity contribution in [2.24, 2.45) is 22.8 Å². The third kappa shape index (κ3) is 2.97. The van der Waals surface area contributed by atoms with Crippen molar-refractivity contribution in [2.45, 2.75) is 38.1 Å². The molecule has 1 aliphatic carbocycles. The Bertz CT molecular complexity index is 405. The highest BCUT2D eigenvalue weighted by Crippen LogP contribution is 2.58. The quantitative estimate of drug-likeness (QED) is 0.248. The Morgan fingerprint density at radius 2 is 2.16 bits per heavy atom. The zero-order valence-electron chi connectivity index (χ0n) is 10.9. The monoisotopic (exact) mass is 267 g/mol. The standard InChI is InChI=1S/C12H21N5O2/c13-9(18)8-6-12(3-4-12)7(10(19)17-8)2-1-5-16-11(14)15/h7-8H,1-6H2,(H2,13,18)(H,17,19)(H4,14,15,16)/t7-,8-/m1/s1. The second-order valence-corrected chi connectivity index (χ2v) is 5.57. The highest BCUT2D eigenvalue weighted by atomic mass is 16.2. The molecule has 0 radical (unpaired) electrons. The maximum atomic E-state index is 12.1. The minimum Gasteiger partial charge on any atom is -0.370 e. The van der Waals surface area contributed by atoms with Crippen LogP contribution in [-0.4, -0.2) is 30.4 Å². The summed E-state index contributed by atoms with van der Waals surface area (Å²) in [6, 6.07) is -0.512. The predicted molar refractivity (Wildman–Crippen MR) is 70.0 cm³/mol. The van der Waals surface area contributed by atoms with Crippen LogP contribution in [-0.2, 0) is 9.59 Å². The molecule has 0 aromatic heterocycles. The van der Waals surface area contributed by atoms with Gasteiger partial charge in [0.25, 0.3) is 0 Å². The van der Waals surface area contributed by atoms with E-state index in [1.807, 2.05) is 0 Å². The summed E-state index contributed by atoms with van der Waals surface area (Å²) < 4.78 is 0. The van der Waals surface area contributed by atoms with Crippen molar-refractivity contribution in [2.75, 3.05) is 6.54 Å². The van der Waals surface area contributed by atoms with Gasteiger partial charge in [-0.2, -0.15) is 0 Å². The molecule has 0 aromatic carbocycles. The van der Waals surface area contributed by atoms with Crippen LogP contribution in [0.5, 0.6) is 0 Å². The molecule has 2 fully saturated rings. The van der Waals surface area contributed by atoms with Crippen LogP contribution >= 0.6 is 0 Å². The van der Waals surface area contributed by atoms with E-state index in [0.717, 1.165) is 25.7 Å². The maximum absolute atomic E-state index is 12.1. The molecule has 2 rings (SSSR count). The number of primary amides is 1. The van der Waals surface area contributed by atoms with Crippen LogP contribution in [0.2, 0.25) is 0 Å². The molecule has 1 saturated carbocycles. The number of piperidine rings is 1. The van der Waals surface area contributed by atoms with Crippen LogP contribution in [0.3, 0.4) is 0 Å². The van der Waals surface area contributed by atoms with E-state index in [9.17, 15) is 9.59 Å². The Morgan fingerprint density at radius 1 is 1.47 bits per heavy atom. The van der Waals surface area contributed by atoms with Crippen LogP contribution < -0.4 is 22.1 Å². The molecular formula is C12H21N5O2. The molecule has 1 saturated heterocycles. The summed E-state index contributed by atoms with van der Waals surface area (Å²) in [6.07, 6.45) is 4.18. The van der Waals surface area contributed by atoms with Gasteiger partial charge < -0.3 is 22.1 Å². The van der Waals surface area contributed by atoms with Crippen molar-refractivity contribution in [3.05, 3.63) is 0 Å². The molecule has 0 bridgehead atoms. The first-order valence-corrected chi connectivity index (χ1v) is 6.62. The first kappa shape index (κ1) is 13.6. The van der Waals surface area contributed by atoms with Crippen LogP contribution in [0.1, 0.15) is 32.1 Å². The van der Waals surface area contributed by atoms with Gasteiger partial charge in [-0.05, 0) is 37.5 Å². The Hall–Kier alpha value is -1.79.